The van der Waals surface area contributed by atoms with Crippen molar-refractivity contribution in [3.63, 3.8) is 0 Å². The molecular formula is C30H36F3N5O5. The van der Waals surface area contributed by atoms with E-state index < -0.39 is 34.8 Å². The van der Waals surface area contributed by atoms with Crippen molar-refractivity contribution in [1.29, 1.82) is 0 Å². The first-order chi connectivity index (χ1) is 20.4. The molecule has 3 heterocycles. The third-order valence-corrected chi connectivity index (χ3v) is 8.50. The number of aliphatic carboxylic acids is 1. The Balaban J connectivity index is 1.31. The van der Waals surface area contributed by atoms with Crippen molar-refractivity contribution in [3.05, 3.63) is 41.2 Å². The fourth-order valence-electron chi connectivity index (χ4n) is 6.13. The number of amides is 2. The zero-order valence-corrected chi connectivity index (χ0v) is 24.2. The van der Waals surface area contributed by atoms with Crippen molar-refractivity contribution in [1.82, 2.24) is 20.2 Å². The van der Waals surface area contributed by atoms with E-state index in [1.807, 2.05) is 24.8 Å². The Morgan fingerprint density at radius 2 is 1.79 bits per heavy atom. The van der Waals surface area contributed by atoms with E-state index in [0.29, 0.717) is 63.2 Å². The Bertz CT molecular complexity index is 1380. The van der Waals surface area contributed by atoms with Crippen molar-refractivity contribution in [2.45, 2.75) is 83.0 Å². The smallest absolute Gasteiger partial charge is 0.434 e. The molecule has 1 saturated carbocycles. The van der Waals surface area contributed by atoms with E-state index in [1.54, 1.807) is 17.0 Å². The quantitative estimate of drug-likeness (QED) is 0.466. The molecule has 232 valence electrons. The van der Waals surface area contributed by atoms with E-state index in [1.165, 1.54) is 0 Å². The van der Waals surface area contributed by atoms with Gasteiger partial charge in [0.2, 0.25) is 11.9 Å². The highest BCUT2D eigenvalue weighted by Crippen LogP contribution is 2.38. The predicted molar refractivity (Wildman–Crippen MR) is 150 cm³/mol. The first-order valence-corrected chi connectivity index (χ1v) is 14.7. The maximum atomic E-state index is 14.1. The number of ether oxygens (including phenoxy) is 1. The number of fused-ring (bicyclic) bond motifs is 1. The van der Waals surface area contributed by atoms with Crippen LogP contribution in [-0.4, -0.2) is 69.0 Å². The number of carboxylic acid groups (broad SMARTS) is 1. The maximum Gasteiger partial charge on any atom is 0.434 e. The SMILES string of the molecule is CC(C)C(=O)N1CCC(Oc2ccc3c(c2)CCN3c2ncc(C(=O)NC3(C(=O)O)CCCCC3)c(C(F)(F)F)n2)CC1. The highest BCUT2D eigenvalue weighted by Gasteiger charge is 2.44. The molecule has 1 aromatic heterocycles. The Morgan fingerprint density at radius 1 is 1.09 bits per heavy atom. The molecule has 5 rings (SSSR count). The number of hydrogen-bond acceptors (Lipinski definition) is 7. The molecule has 1 aliphatic carbocycles. The summed E-state index contributed by atoms with van der Waals surface area (Å²) in [6, 6.07) is 5.37. The molecule has 1 aromatic carbocycles. The summed E-state index contributed by atoms with van der Waals surface area (Å²) >= 11 is 0. The summed E-state index contributed by atoms with van der Waals surface area (Å²) in [4.78, 5) is 48.5. The molecule has 13 heteroatoms. The molecular weight excluding hydrogens is 567 g/mol. The lowest BCUT2D eigenvalue weighted by atomic mass is 9.81. The lowest BCUT2D eigenvalue weighted by molar-refractivity contribution is -0.146. The molecule has 2 amide bonds. The number of halogens is 3. The van der Waals surface area contributed by atoms with Crippen LogP contribution < -0.4 is 15.0 Å². The van der Waals surface area contributed by atoms with Crippen LogP contribution in [0.3, 0.4) is 0 Å². The van der Waals surface area contributed by atoms with Crippen LogP contribution in [0.1, 0.15) is 80.4 Å². The molecule has 10 nitrogen and oxygen atoms in total. The van der Waals surface area contributed by atoms with Crippen molar-refractivity contribution >= 4 is 29.4 Å². The van der Waals surface area contributed by atoms with Gasteiger partial charge in [0.1, 0.15) is 17.4 Å². The van der Waals surface area contributed by atoms with Gasteiger partial charge in [0.05, 0.1) is 5.56 Å². The number of rotatable bonds is 7. The van der Waals surface area contributed by atoms with Gasteiger partial charge in [-0.2, -0.15) is 13.2 Å². The Morgan fingerprint density at radius 3 is 2.42 bits per heavy atom. The fraction of sp³-hybridized carbons (Fsp3) is 0.567. The minimum Gasteiger partial charge on any atom is -0.490 e. The summed E-state index contributed by atoms with van der Waals surface area (Å²) in [5.41, 5.74) is -2.34. The van der Waals surface area contributed by atoms with Crippen LogP contribution >= 0.6 is 0 Å². The fourth-order valence-corrected chi connectivity index (χ4v) is 6.13. The number of carbonyl (C=O) groups is 3. The van der Waals surface area contributed by atoms with Gasteiger partial charge in [0, 0.05) is 50.3 Å². The Hall–Kier alpha value is -3.90. The molecule has 0 radical (unpaired) electrons. The molecule has 2 N–H and O–H groups in total. The minimum absolute atomic E-state index is 0.0444. The highest BCUT2D eigenvalue weighted by atomic mass is 19.4. The summed E-state index contributed by atoms with van der Waals surface area (Å²) in [6.45, 7) is 5.36. The minimum atomic E-state index is -4.97. The molecule has 2 fully saturated rings. The number of likely N-dealkylation sites (tertiary alicyclic amines) is 1. The van der Waals surface area contributed by atoms with Crippen molar-refractivity contribution in [2.24, 2.45) is 5.92 Å². The van der Waals surface area contributed by atoms with E-state index in [9.17, 15) is 32.7 Å². The second kappa shape index (κ2) is 12.0. The second-order valence-corrected chi connectivity index (χ2v) is 11.8. The summed E-state index contributed by atoms with van der Waals surface area (Å²) < 4.78 is 48.6. The lowest BCUT2D eigenvalue weighted by Crippen LogP contribution is -2.55. The largest absolute Gasteiger partial charge is 0.490 e. The number of anilines is 2. The second-order valence-electron chi connectivity index (χ2n) is 11.8. The molecule has 0 atom stereocenters. The first kappa shape index (κ1) is 30.6. The Labute approximate surface area is 247 Å². The summed E-state index contributed by atoms with van der Waals surface area (Å²) in [6.07, 6.45) is -0.0639. The summed E-state index contributed by atoms with van der Waals surface area (Å²) in [5, 5.41) is 12.1. The standard InChI is InChI=1S/C30H36F3N5O5/c1-18(2)26(40)37-13-9-20(10-14-37)43-21-6-7-23-19(16-21)8-15-38(23)28-34-17-22(24(35-28)30(31,32)33)25(39)36-29(27(41)42)11-4-3-5-12-29/h6-7,16-18,20H,3-5,8-15H2,1-2H3,(H,36,39)(H,41,42). The van der Waals surface area contributed by atoms with E-state index in [2.05, 4.69) is 15.3 Å². The first-order valence-electron chi connectivity index (χ1n) is 14.7. The van der Waals surface area contributed by atoms with Gasteiger partial charge < -0.3 is 25.0 Å². The number of nitrogens with one attached hydrogen (secondary N) is 1. The van der Waals surface area contributed by atoms with Crippen molar-refractivity contribution in [3.8, 4) is 5.75 Å². The van der Waals surface area contributed by atoms with E-state index in [0.717, 1.165) is 18.2 Å². The third-order valence-electron chi connectivity index (χ3n) is 8.50. The molecule has 43 heavy (non-hydrogen) atoms. The van der Waals surface area contributed by atoms with E-state index >= 15 is 0 Å². The number of alkyl halides is 3. The van der Waals surface area contributed by atoms with Gasteiger partial charge in [-0.25, -0.2) is 14.8 Å². The number of benzene rings is 1. The van der Waals surface area contributed by atoms with Gasteiger partial charge in [0.25, 0.3) is 5.91 Å². The molecule has 0 bridgehead atoms. The van der Waals surface area contributed by atoms with Gasteiger partial charge in [-0.3, -0.25) is 9.59 Å². The summed E-state index contributed by atoms with van der Waals surface area (Å²) in [7, 11) is 0. The average molecular weight is 604 g/mol. The van der Waals surface area contributed by atoms with Gasteiger partial charge >= 0.3 is 12.1 Å². The van der Waals surface area contributed by atoms with Gasteiger partial charge in [0.15, 0.2) is 5.69 Å². The van der Waals surface area contributed by atoms with Gasteiger partial charge in [-0.1, -0.05) is 33.1 Å². The average Bonchev–Trinajstić information content (AvgIpc) is 3.40. The van der Waals surface area contributed by atoms with Crippen LogP contribution in [-0.2, 0) is 22.2 Å². The molecule has 2 aromatic rings. The normalized spacial score (nSPS) is 18.8. The third kappa shape index (κ3) is 6.40. The van der Waals surface area contributed by atoms with Crippen molar-refractivity contribution in [2.75, 3.05) is 24.5 Å². The maximum absolute atomic E-state index is 14.1. The lowest BCUT2D eigenvalue weighted by Gasteiger charge is -2.34. The van der Waals surface area contributed by atoms with Crippen LogP contribution in [0.2, 0.25) is 0 Å². The molecule has 0 unspecified atom stereocenters. The summed E-state index contributed by atoms with van der Waals surface area (Å²) in [5.74, 6) is -1.90. The van der Waals surface area contributed by atoms with Crippen LogP contribution in [0.5, 0.6) is 5.75 Å². The van der Waals surface area contributed by atoms with Crippen LogP contribution in [0.25, 0.3) is 0 Å². The molecule has 1 saturated heterocycles. The van der Waals surface area contributed by atoms with Gasteiger partial charge in [-0.15, -0.1) is 0 Å². The van der Waals surface area contributed by atoms with Crippen LogP contribution in [0, 0.1) is 5.92 Å². The molecule has 0 spiro atoms. The monoisotopic (exact) mass is 603 g/mol. The van der Waals surface area contributed by atoms with E-state index in [4.69, 9.17) is 4.74 Å². The zero-order valence-electron chi connectivity index (χ0n) is 24.2. The number of aromatic nitrogens is 2. The van der Waals surface area contributed by atoms with Crippen molar-refractivity contribution < 1.29 is 37.4 Å². The van der Waals surface area contributed by atoms with E-state index in [-0.39, 0.29) is 36.7 Å². The topological polar surface area (TPSA) is 125 Å². The number of piperidine rings is 1. The van der Waals surface area contributed by atoms with Crippen LogP contribution in [0.15, 0.2) is 24.4 Å². The number of nitrogens with zero attached hydrogens (tertiary/aromatic N) is 4. The number of hydrogen-bond donors (Lipinski definition) is 2. The molecule has 2 aliphatic heterocycles. The van der Waals surface area contributed by atoms with Crippen LogP contribution in [0.4, 0.5) is 24.8 Å². The molecule has 3 aliphatic rings. The predicted octanol–water partition coefficient (Wildman–Crippen LogP) is 4.73. The number of carboxylic acids is 1. The number of carbonyl (C=O) groups excluding carboxylic acids is 2. The zero-order chi connectivity index (χ0) is 30.9. The highest BCUT2D eigenvalue weighted by molar-refractivity contribution is 5.98. The Kier molecular flexibility index (Phi) is 8.53. The van der Waals surface area contributed by atoms with Gasteiger partial charge in [-0.05, 0) is 43.0 Å².